The van der Waals surface area contributed by atoms with Gasteiger partial charge in [0.05, 0.1) is 0 Å². The fraction of sp³-hybridized carbons (Fsp3) is 0.625. The Hall–Kier alpha value is -1.13. The number of alkyl halides is 1. The molecule has 1 fully saturated rings. The summed E-state index contributed by atoms with van der Waals surface area (Å²) in [7, 11) is 2.20. The molecule has 0 aromatic carbocycles. The van der Waals surface area contributed by atoms with Crippen LogP contribution in [0, 0.1) is 12.8 Å². The number of rotatable bonds is 4. The second-order valence-electron chi connectivity index (χ2n) is 6.18. The highest BCUT2D eigenvalue weighted by Crippen LogP contribution is 2.23. The molecule has 5 heteroatoms. The fourth-order valence-corrected chi connectivity index (χ4v) is 3.30. The molecule has 21 heavy (non-hydrogen) atoms. The first kappa shape index (κ1) is 14.8. The van der Waals surface area contributed by atoms with Crippen molar-refractivity contribution in [3.63, 3.8) is 0 Å². The third kappa shape index (κ3) is 3.22. The average Bonchev–Trinajstić information content (AvgIpc) is 2.79. The molecular formula is C16H23ClN4. The van der Waals surface area contributed by atoms with Crippen molar-refractivity contribution in [3.05, 3.63) is 23.7 Å². The Balaban J connectivity index is 1.89. The molecular weight excluding hydrogens is 284 g/mol. The number of aromatic nitrogens is 3. The zero-order chi connectivity index (χ0) is 14.8. The van der Waals surface area contributed by atoms with E-state index >= 15 is 0 Å². The average molecular weight is 307 g/mol. The van der Waals surface area contributed by atoms with Gasteiger partial charge in [0.15, 0.2) is 5.65 Å². The van der Waals surface area contributed by atoms with Gasteiger partial charge < -0.3 is 9.47 Å². The minimum Gasteiger partial charge on any atom is -0.312 e. The van der Waals surface area contributed by atoms with Crippen LogP contribution < -0.4 is 0 Å². The second kappa shape index (κ2) is 6.32. The molecule has 0 radical (unpaired) electrons. The Bertz CT molecular complexity index is 614. The molecule has 1 aliphatic rings. The van der Waals surface area contributed by atoms with Crippen molar-refractivity contribution < 1.29 is 0 Å². The SMILES string of the molecule is Cc1cnc2c(c1)nc(CCCl)n2CC1CCN(C)CC1. The van der Waals surface area contributed by atoms with Crippen molar-refractivity contribution in [1.29, 1.82) is 0 Å². The summed E-state index contributed by atoms with van der Waals surface area (Å²) in [5.74, 6) is 2.41. The molecule has 1 aliphatic heterocycles. The smallest absolute Gasteiger partial charge is 0.160 e. The van der Waals surface area contributed by atoms with Gasteiger partial charge in [-0.15, -0.1) is 11.6 Å². The van der Waals surface area contributed by atoms with Crippen molar-refractivity contribution in [2.24, 2.45) is 5.92 Å². The molecule has 114 valence electrons. The molecule has 0 spiro atoms. The lowest BCUT2D eigenvalue weighted by molar-refractivity contribution is 0.205. The summed E-state index contributed by atoms with van der Waals surface area (Å²) in [5, 5.41) is 0. The summed E-state index contributed by atoms with van der Waals surface area (Å²) in [5.41, 5.74) is 3.17. The Morgan fingerprint density at radius 1 is 1.33 bits per heavy atom. The van der Waals surface area contributed by atoms with Crippen molar-refractivity contribution >= 4 is 22.8 Å². The van der Waals surface area contributed by atoms with Crippen molar-refractivity contribution in [3.8, 4) is 0 Å². The molecule has 3 heterocycles. The number of piperidine rings is 1. The molecule has 0 saturated carbocycles. The van der Waals surface area contributed by atoms with Gasteiger partial charge in [-0.2, -0.15) is 0 Å². The highest BCUT2D eigenvalue weighted by atomic mass is 35.5. The summed E-state index contributed by atoms with van der Waals surface area (Å²) in [4.78, 5) is 11.8. The minimum absolute atomic E-state index is 0.607. The van der Waals surface area contributed by atoms with Gasteiger partial charge >= 0.3 is 0 Å². The van der Waals surface area contributed by atoms with Crippen LogP contribution in [0.15, 0.2) is 12.3 Å². The number of nitrogens with zero attached hydrogens (tertiary/aromatic N) is 4. The van der Waals surface area contributed by atoms with Gasteiger partial charge in [0, 0.05) is 25.0 Å². The van der Waals surface area contributed by atoms with Gasteiger partial charge in [-0.1, -0.05) is 0 Å². The van der Waals surface area contributed by atoms with Gasteiger partial charge in [0.25, 0.3) is 0 Å². The number of hydrogen-bond donors (Lipinski definition) is 0. The van der Waals surface area contributed by atoms with Crippen LogP contribution in [0.5, 0.6) is 0 Å². The fourth-order valence-electron chi connectivity index (χ4n) is 3.13. The third-order valence-electron chi connectivity index (χ3n) is 4.40. The summed E-state index contributed by atoms with van der Waals surface area (Å²) in [6, 6.07) is 2.12. The molecule has 0 unspecified atom stereocenters. The lowest BCUT2D eigenvalue weighted by Gasteiger charge is -2.29. The predicted molar refractivity (Wildman–Crippen MR) is 86.9 cm³/mol. The molecule has 4 nitrogen and oxygen atoms in total. The van der Waals surface area contributed by atoms with E-state index in [9.17, 15) is 0 Å². The molecule has 3 rings (SSSR count). The van der Waals surface area contributed by atoms with Crippen LogP contribution in [-0.2, 0) is 13.0 Å². The number of hydrogen-bond acceptors (Lipinski definition) is 3. The molecule has 0 N–H and O–H groups in total. The first-order valence-electron chi connectivity index (χ1n) is 7.73. The minimum atomic E-state index is 0.607. The summed E-state index contributed by atoms with van der Waals surface area (Å²) in [6.07, 6.45) is 5.24. The molecule has 0 atom stereocenters. The van der Waals surface area contributed by atoms with E-state index in [4.69, 9.17) is 16.6 Å². The molecule has 0 aliphatic carbocycles. The summed E-state index contributed by atoms with van der Waals surface area (Å²) in [6.45, 7) is 5.46. The summed E-state index contributed by atoms with van der Waals surface area (Å²) < 4.78 is 2.30. The predicted octanol–water partition coefficient (Wildman–Crippen LogP) is 2.86. The van der Waals surface area contributed by atoms with Gasteiger partial charge in [-0.3, -0.25) is 0 Å². The first-order chi connectivity index (χ1) is 10.2. The Kier molecular flexibility index (Phi) is 4.45. The Labute approximate surface area is 131 Å². The van der Waals surface area contributed by atoms with Gasteiger partial charge in [-0.25, -0.2) is 9.97 Å². The monoisotopic (exact) mass is 306 g/mol. The van der Waals surface area contributed by atoms with Crippen LogP contribution in [0.1, 0.15) is 24.2 Å². The number of imidazole rings is 1. The lowest BCUT2D eigenvalue weighted by Crippen LogP contribution is -2.32. The molecule has 0 amide bonds. The number of fused-ring (bicyclic) bond motifs is 1. The largest absolute Gasteiger partial charge is 0.312 e. The van der Waals surface area contributed by atoms with Crippen molar-refractivity contribution in [2.75, 3.05) is 26.0 Å². The van der Waals surface area contributed by atoms with E-state index in [2.05, 4.69) is 34.5 Å². The van der Waals surface area contributed by atoms with Crippen LogP contribution in [0.4, 0.5) is 0 Å². The van der Waals surface area contributed by atoms with E-state index in [0.717, 1.165) is 41.4 Å². The van der Waals surface area contributed by atoms with Crippen LogP contribution >= 0.6 is 11.6 Å². The highest BCUT2D eigenvalue weighted by molar-refractivity contribution is 6.17. The maximum atomic E-state index is 5.95. The molecule has 1 saturated heterocycles. The Morgan fingerprint density at radius 3 is 2.81 bits per heavy atom. The van der Waals surface area contributed by atoms with Crippen LogP contribution in [0.3, 0.4) is 0 Å². The van der Waals surface area contributed by atoms with Crippen molar-refractivity contribution in [1.82, 2.24) is 19.4 Å². The van der Waals surface area contributed by atoms with E-state index in [1.54, 1.807) is 0 Å². The first-order valence-corrected chi connectivity index (χ1v) is 8.27. The third-order valence-corrected chi connectivity index (χ3v) is 4.59. The van der Waals surface area contributed by atoms with Gasteiger partial charge in [0.1, 0.15) is 11.3 Å². The van der Waals surface area contributed by atoms with Gasteiger partial charge in [-0.05, 0) is 57.5 Å². The molecule has 2 aromatic rings. The Morgan fingerprint density at radius 2 is 2.10 bits per heavy atom. The zero-order valence-corrected chi connectivity index (χ0v) is 13.6. The maximum Gasteiger partial charge on any atom is 0.160 e. The second-order valence-corrected chi connectivity index (χ2v) is 6.56. The number of pyridine rings is 1. The molecule has 0 bridgehead atoms. The topological polar surface area (TPSA) is 34.0 Å². The quantitative estimate of drug-likeness (QED) is 0.815. The number of likely N-dealkylation sites (tertiary alicyclic amines) is 1. The summed E-state index contributed by atoms with van der Waals surface area (Å²) >= 11 is 5.95. The zero-order valence-electron chi connectivity index (χ0n) is 12.8. The standard InChI is InChI=1S/C16H23ClN4/c1-12-9-14-16(18-10-12)21(15(19-14)3-6-17)11-13-4-7-20(2)8-5-13/h9-10,13H,3-8,11H2,1-2H3. The van der Waals surface area contributed by atoms with Gasteiger partial charge in [0.2, 0.25) is 0 Å². The van der Waals surface area contributed by atoms with E-state index in [1.807, 2.05) is 6.20 Å². The van der Waals surface area contributed by atoms with Crippen LogP contribution in [-0.4, -0.2) is 45.5 Å². The maximum absolute atomic E-state index is 5.95. The van der Waals surface area contributed by atoms with Crippen molar-refractivity contribution in [2.45, 2.75) is 32.7 Å². The number of aryl methyl sites for hydroxylation is 2. The molecule has 2 aromatic heterocycles. The number of halogens is 1. The van der Waals surface area contributed by atoms with E-state index in [1.165, 1.54) is 25.9 Å². The highest BCUT2D eigenvalue weighted by Gasteiger charge is 2.20. The van der Waals surface area contributed by atoms with E-state index in [0.29, 0.717) is 5.88 Å². The van der Waals surface area contributed by atoms with Crippen LogP contribution in [0.2, 0.25) is 0 Å². The van der Waals surface area contributed by atoms with E-state index < -0.39 is 0 Å². The lowest BCUT2D eigenvalue weighted by atomic mass is 9.97. The van der Waals surface area contributed by atoms with E-state index in [-0.39, 0.29) is 0 Å². The van der Waals surface area contributed by atoms with Crippen LogP contribution in [0.25, 0.3) is 11.2 Å². The normalized spacial score (nSPS) is 17.7.